The fourth-order valence-corrected chi connectivity index (χ4v) is 1.19. The highest BCUT2D eigenvalue weighted by Crippen LogP contribution is 2.11. The number of carbonyl (C=O) groups is 1. The van der Waals surface area contributed by atoms with Gasteiger partial charge < -0.3 is 10.5 Å². The maximum atomic E-state index is 11.5. The van der Waals surface area contributed by atoms with Gasteiger partial charge in [0, 0.05) is 10.0 Å². The lowest BCUT2D eigenvalue weighted by Gasteiger charge is -2.17. The molecule has 0 aliphatic carbocycles. The van der Waals surface area contributed by atoms with Crippen molar-refractivity contribution in [2.75, 3.05) is 6.61 Å². The van der Waals surface area contributed by atoms with E-state index in [1.165, 1.54) is 0 Å². The fraction of sp³-hybridized carbons (Fsp3) is 0.364. The van der Waals surface area contributed by atoms with Crippen LogP contribution in [0.2, 0.25) is 0 Å². The van der Waals surface area contributed by atoms with Crippen molar-refractivity contribution in [2.24, 2.45) is 5.73 Å². The zero-order valence-electron chi connectivity index (χ0n) is 8.79. The first-order chi connectivity index (χ1) is 6.88. The Labute approximate surface area is 97.7 Å². The SMILES string of the molecule is CC(C)(N)COC(=O)c1ccc(Br)cc1. The van der Waals surface area contributed by atoms with Gasteiger partial charge in [-0.25, -0.2) is 4.79 Å². The van der Waals surface area contributed by atoms with E-state index >= 15 is 0 Å². The molecule has 2 N–H and O–H groups in total. The van der Waals surface area contributed by atoms with Gasteiger partial charge in [0.2, 0.25) is 0 Å². The third-order valence-electron chi connectivity index (χ3n) is 1.66. The molecule has 0 aliphatic heterocycles. The fourth-order valence-electron chi connectivity index (χ4n) is 0.921. The molecule has 0 bridgehead atoms. The molecule has 0 amide bonds. The second-order valence-corrected chi connectivity index (χ2v) is 4.99. The molecule has 0 fully saturated rings. The summed E-state index contributed by atoms with van der Waals surface area (Å²) < 4.78 is 5.98. The maximum absolute atomic E-state index is 11.5. The lowest BCUT2D eigenvalue weighted by Crippen LogP contribution is -2.38. The van der Waals surface area contributed by atoms with E-state index in [2.05, 4.69) is 15.9 Å². The van der Waals surface area contributed by atoms with Gasteiger partial charge in [-0.2, -0.15) is 0 Å². The number of hydrogen-bond donors (Lipinski definition) is 1. The molecule has 0 saturated carbocycles. The van der Waals surface area contributed by atoms with Crippen molar-refractivity contribution in [3.63, 3.8) is 0 Å². The van der Waals surface area contributed by atoms with E-state index in [1.807, 2.05) is 13.8 Å². The Morgan fingerprint density at radius 3 is 2.40 bits per heavy atom. The van der Waals surface area contributed by atoms with Gasteiger partial charge in [0.25, 0.3) is 0 Å². The van der Waals surface area contributed by atoms with Crippen LogP contribution >= 0.6 is 15.9 Å². The summed E-state index contributed by atoms with van der Waals surface area (Å²) in [4.78, 5) is 11.5. The molecular weight excluding hydrogens is 258 g/mol. The lowest BCUT2D eigenvalue weighted by atomic mass is 10.1. The first kappa shape index (κ1) is 12.2. The van der Waals surface area contributed by atoms with Crippen molar-refractivity contribution in [2.45, 2.75) is 19.4 Å². The van der Waals surface area contributed by atoms with Gasteiger partial charge in [0.1, 0.15) is 6.61 Å². The van der Waals surface area contributed by atoms with Crippen LogP contribution in [0.3, 0.4) is 0 Å². The van der Waals surface area contributed by atoms with E-state index in [9.17, 15) is 4.79 Å². The molecule has 0 saturated heterocycles. The van der Waals surface area contributed by atoms with Gasteiger partial charge in [-0.05, 0) is 38.1 Å². The summed E-state index contributed by atoms with van der Waals surface area (Å²) in [6.45, 7) is 3.83. The van der Waals surface area contributed by atoms with Crippen molar-refractivity contribution in [3.05, 3.63) is 34.3 Å². The Morgan fingerprint density at radius 2 is 1.93 bits per heavy atom. The normalized spacial score (nSPS) is 11.2. The van der Waals surface area contributed by atoms with E-state index in [-0.39, 0.29) is 12.6 Å². The molecule has 3 nitrogen and oxygen atoms in total. The topological polar surface area (TPSA) is 52.3 Å². The first-order valence-electron chi connectivity index (χ1n) is 4.60. The summed E-state index contributed by atoms with van der Waals surface area (Å²) in [5.74, 6) is -0.346. The second-order valence-electron chi connectivity index (χ2n) is 4.07. The number of ether oxygens (including phenoxy) is 1. The Hall–Kier alpha value is -0.870. The predicted octanol–water partition coefficient (Wildman–Crippen LogP) is 2.34. The minimum atomic E-state index is -0.495. The molecule has 0 aliphatic rings. The third-order valence-corrected chi connectivity index (χ3v) is 2.18. The van der Waals surface area contributed by atoms with Crippen molar-refractivity contribution < 1.29 is 9.53 Å². The summed E-state index contributed by atoms with van der Waals surface area (Å²) in [5.41, 5.74) is 5.74. The molecule has 0 aromatic heterocycles. The van der Waals surface area contributed by atoms with E-state index in [4.69, 9.17) is 10.5 Å². The van der Waals surface area contributed by atoms with Crippen molar-refractivity contribution >= 4 is 21.9 Å². The molecule has 0 unspecified atom stereocenters. The first-order valence-corrected chi connectivity index (χ1v) is 5.39. The van der Waals surface area contributed by atoms with Crippen LogP contribution in [0.15, 0.2) is 28.7 Å². The monoisotopic (exact) mass is 271 g/mol. The molecule has 0 heterocycles. The molecular formula is C11H14BrNO2. The Kier molecular flexibility index (Phi) is 3.88. The zero-order valence-corrected chi connectivity index (χ0v) is 10.4. The quantitative estimate of drug-likeness (QED) is 0.859. The van der Waals surface area contributed by atoms with Crippen molar-refractivity contribution in [1.29, 1.82) is 0 Å². The van der Waals surface area contributed by atoms with Crippen LogP contribution in [0.4, 0.5) is 0 Å². The van der Waals surface area contributed by atoms with E-state index < -0.39 is 5.54 Å². The molecule has 1 rings (SSSR count). The van der Waals surface area contributed by atoms with Crippen LogP contribution in [0, 0.1) is 0 Å². The number of nitrogens with two attached hydrogens (primary N) is 1. The second kappa shape index (κ2) is 4.77. The third kappa shape index (κ3) is 4.44. The minimum absolute atomic E-state index is 0.210. The number of carbonyl (C=O) groups excluding carboxylic acids is 1. The number of esters is 1. The van der Waals surface area contributed by atoms with Crippen LogP contribution < -0.4 is 5.73 Å². The highest BCUT2D eigenvalue weighted by Gasteiger charge is 2.14. The van der Waals surface area contributed by atoms with Gasteiger partial charge in [-0.15, -0.1) is 0 Å². The molecule has 0 spiro atoms. The molecule has 82 valence electrons. The molecule has 0 atom stereocenters. The highest BCUT2D eigenvalue weighted by atomic mass is 79.9. The zero-order chi connectivity index (χ0) is 11.5. The van der Waals surface area contributed by atoms with Crippen molar-refractivity contribution in [1.82, 2.24) is 0 Å². The number of benzene rings is 1. The summed E-state index contributed by atoms with van der Waals surface area (Å²) in [6, 6.07) is 7.00. The number of hydrogen-bond acceptors (Lipinski definition) is 3. The maximum Gasteiger partial charge on any atom is 0.338 e. The summed E-state index contributed by atoms with van der Waals surface area (Å²) >= 11 is 3.29. The largest absolute Gasteiger partial charge is 0.460 e. The van der Waals surface area contributed by atoms with Gasteiger partial charge in [0.15, 0.2) is 0 Å². The van der Waals surface area contributed by atoms with Crippen molar-refractivity contribution in [3.8, 4) is 0 Å². The highest BCUT2D eigenvalue weighted by molar-refractivity contribution is 9.10. The van der Waals surface area contributed by atoms with Crippen LogP contribution in [0.5, 0.6) is 0 Å². The molecule has 1 aromatic carbocycles. The molecule has 1 aromatic rings. The summed E-state index contributed by atoms with van der Waals surface area (Å²) in [5, 5.41) is 0. The smallest absolute Gasteiger partial charge is 0.338 e. The van der Waals surface area contributed by atoms with Gasteiger partial charge >= 0.3 is 5.97 Å². The Bertz CT molecular complexity index is 341. The van der Waals surface area contributed by atoms with E-state index in [0.717, 1.165) is 4.47 Å². The Balaban J connectivity index is 2.58. The van der Waals surface area contributed by atoms with Crippen LogP contribution in [0.1, 0.15) is 24.2 Å². The molecule has 0 radical (unpaired) electrons. The van der Waals surface area contributed by atoms with Gasteiger partial charge in [0.05, 0.1) is 5.56 Å². The number of rotatable bonds is 3. The lowest BCUT2D eigenvalue weighted by molar-refractivity contribution is 0.0433. The molecule has 15 heavy (non-hydrogen) atoms. The van der Waals surface area contributed by atoms with Crippen LogP contribution in [-0.2, 0) is 4.74 Å². The average molecular weight is 272 g/mol. The Morgan fingerprint density at radius 1 is 1.40 bits per heavy atom. The summed E-state index contributed by atoms with van der Waals surface area (Å²) in [7, 11) is 0. The van der Waals surface area contributed by atoms with Gasteiger partial charge in [-0.3, -0.25) is 0 Å². The number of halogens is 1. The van der Waals surface area contributed by atoms with Crippen LogP contribution in [-0.4, -0.2) is 18.1 Å². The van der Waals surface area contributed by atoms with Gasteiger partial charge in [-0.1, -0.05) is 15.9 Å². The van der Waals surface area contributed by atoms with E-state index in [0.29, 0.717) is 5.56 Å². The standard InChI is InChI=1S/C11H14BrNO2/c1-11(2,13)7-15-10(14)8-3-5-9(12)6-4-8/h3-6H,7,13H2,1-2H3. The predicted molar refractivity (Wildman–Crippen MR) is 62.7 cm³/mol. The summed E-state index contributed by atoms with van der Waals surface area (Å²) in [6.07, 6.45) is 0. The van der Waals surface area contributed by atoms with E-state index in [1.54, 1.807) is 24.3 Å². The average Bonchev–Trinajstić information content (AvgIpc) is 2.14. The molecule has 4 heteroatoms. The minimum Gasteiger partial charge on any atom is -0.460 e. The van der Waals surface area contributed by atoms with Crippen LogP contribution in [0.25, 0.3) is 0 Å².